The topological polar surface area (TPSA) is 59.1 Å². The fraction of sp³-hybridized carbons (Fsp3) is 0.227. The first-order valence-electron chi connectivity index (χ1n) is 9.05. The minimum atomic E-state index is -0.360. The summed E-state index contributed by atoms with van der Waals surface area (Å²) >= 11 is 0. The summed E-state index contributed by atoms with van der Waals surface area (Å²) in [4.78, 5) is 29.4. The summed E-state index contributed by atoms with van der Waals surface area (Å²) < 4.78 is 13.4. The van der Waals surface area contributed by atoms with Crippen molar-refractivity contribution in [1.29, 1.82) is 0 Å². The molecular formula is C22H19FN2O2. The molecule has 1 aliphatic rings. The van der Waals surface area contributed by atoms with Crippen molar-refractivity contribution in [3.05, 3.63) is 70.7 Å². The Labute approximate surface area is 156 Å². The molecular weight excluding hydrogens is 343 g/mol. The molecule has 3 aromatic rings. The van der Waals surface area contributed by atoms with Crippen molar-refractivity contribution < 1.29 is 14.0 Å². The molecule has 27 heavy (non-hydrogen) atoms. The number of halogens is 1. The van der Waals surface area contributed by atoms with E-state index in [0.29, 0.717) is 39.8 Å². The molecule has 0 saturated heterocycles. The third-order valence-corrected chi connectivity index (χ3v) is 4.98. The third-order valence-electron chi connectivity index (χ3n) is 4.98. The molecule has 0 spiro atoms. The molecule has 2 aromatic carbocycles. The lowest BCUT2D eigenvalue weighted by molar-refractivity contribution is 0.0979. The summed E-state index contributed by atoms with van der Waals surface area (Å²) in [5, 5.41) is 3.56. The van der Waals surface area contributed by atoms with E-state index < -0.39 is 0 Å². The molecule has 0 fully saturated rings. The predicted octanol–water partition coefficient (Wildman–Crippen LogP) is 4.84. The number of amides is 1. The molecule has 0 radical (unpaired) electrons. The Bertz CT molecular complexity index is 1080. The van der Waals surface area contributed by atoms with Crippen LogP contribution in [0.1, 0.15) is 51.2 Å². The summed E-state index contributed by atoms with van der Waals surface area (Å²) in [6, 6.07) is 11.5. The lowest BCUT2D eigenvalue weighted by Gasteiger charge is -2.11. The van der Waals surface area contributed by atoms with E-state index in [-0.39, 0.29) is 17.5 Å². The molecule has 1 heterocycles. The van der Waals surface area contributed by atoms with Crippen LogP contribution in [-0.2, 0) is 6.42 Å². The van der Waals surface area contributed by atoms with Crippen molar-refractivity contribution in [2.75, 3.05) is 5.32 Å². The molecule has 4 rings (SSSR count). The van der Waals surface area contributed by atoms with Crippen molar-refractivity contribution in [1.82, 2.24) is 4.98 Å². The van der Waals surface area contributed by atoms with Gasteiger partial charge in [0.25, 0.3) is 5.91 Å². The zero-order chi connectivity index (χ0) is 19.0. The molecule has 136 valence electrons. The zero-order valence-corrected chi connectivity index (χ0v) is 15.0. The number of aryl methyl sites for hydroxylation is 2. The molecule has 1 aromatic heterocycles. The number of aromatic nitrogens is 1. The predicted molar refractivity (Wildman–Crippen MR) is 103 cm³/mol. The Balaban J connectivity index is 1.64. The van der Waals surface area contributed by atoms with Gasteiger partial charge in [0.15, 0.2) is 5.78 Å². The Hall–Kier alpha value is -3.08. The zero-order valence-electron chi connectivity index (χ0n) is 15.0. The number of carbonyl (C=O) groups is 2. The lowest BCUT2D eigenvalue weighted by atomic mass is 10.0. The first kappa shape index (κ1) is 17.3. The number of rotatable bonds is 2. The van der Waals surface area contributed by atoms with Gasteiger partial charge in [-0.3, -0.25) is 14.6 Å². The minimum Gasteiger partial charge on any atom is -0.322 e. The maximum atomic E-state index is 13.4. The van der Waals surface area contributed by atoms with Crippen LogP contribution in [0.4, 0.5) is 10.1 Å². The van der Waals surface area contributed by atoms with Crippen molar-refractivity contribution in [3.63, 3.8) is 0 Å². The van der Waals surface area contributed by atoms with Gasteiger partial charge in [0.1, 0.15) is 5.82 Å². The van der Waals surface area contributed by atoms with E-state index in [9.17, 15) is 14.0 Å². The molecule has 4 nitrogen and oxygen atoms in total. The summed E-state index contributed by atoms with van der Waals surface area (Å²) in [5.41, 5.74) is 3.80. The van der Waals surface area contributed by atoms with Crippen LogP contribution in [0.15, 0.2) is 42.5 Å². The Morgan fingerprint density at radius 2 is 1.89 bits per heavy atom. The molecule has 5 heteroatoms. The molecule has 1 N–H and O–H groups in total. The fourth-order valence-electron chi connectivity index (χ4n) is 3.53. The van der Waals surface area contributed by atoms with E-state index in [1.165, 1.54) is 12.1 Å². The fourth-order valence-corrected chi connectivity index (χ4v) is 3.53. The SMILES string of the molecule is Cc1nc2cc(F)ccc2cc1C(=O)Nc1ccc2c(c1)C(=O)CCCC2. The maximum Gasteiger partial charge on any atom is 0.257 e. The summed E-state index contributed by atoms with van der Waals surface area (Å²) in [6.45, 7) is 1.72. The van der Waals surface area contributed by atoms with Gasteiger partial charge in [0.2, 0.25) is 0 Å². The van der Waals surface area contributed by atoms with Gasteiger partial charge in [-0.25, -0.2) is 4.39 Å². The van der Waals surface area contributed by atoms with Crippen molar-refractivity contribution >= 4 is 28.3 Å². The van der Waals surface area contributed by atoms with Crippen LogP contribution < -0.4 is 5.32 Å². The van der Waals surface area contributed by atoms with Crippen LogP contribution in [0.25, 0.3) is 10.9 Å². The van der Waals surface area contributed by atoms with Gasteiger partial charge < -0.3 is 5.32 Å². The van der Waals surface area contributed by atoms with E-state index in [4.69, 9.17) is 0 Å². The number of hydrogen-bond acceptors (Lipinski definition) is 3. The first-order chi connectivity index (χ1) is 13.0. The Morgan fingerprint density at radius 1 is 1.07 bits per heavy atom. The maximum absolute atomic E-state index is 13.4. The number of nitrogens with zero attached hydrogens (tertiary/aromatic N) is 1. The second kappa shape index (κ2) is 6.91. The van der Waals surface area contributed by atoms with Gasteiger partial charge in [-0.1, -0.05) is 6.07 Å². The highest BCUT2D eigenvalue weighted by molar-refractivity contribution is 6.07. The molecule has 0 bridgehead atoms. The number of fused-ring (bicyclic) bond motifs is 2. The monoisotopic (exact) mass is 362 g/mol. The van der Waals surface area contributed by atoms with Crippen molar-refractivity contribution in [3.8, 4) is 0 Å². The highest BCUT2D eigenvalue weighted by Crippen LogP contribution is 2.25. The summed E-state index contributed by atoms with van der Waals surface area (Å²) in [5.74, 6) is -0.530. The smallest absolute Gasteiger partial charge is 0.257 e. The highest BCUT2D eigenvalue weighted by Gasteiger charge is 2.17. The van der Waals surface area contributed by atoms with Crippen LogP contribution >= 0.6 is 0 Å². The van der Waals surface area contributed by atoms with E-state index in [2.05, 4.69) is 10.3 Å². The lowest BCUT2D eigenvalue weighted by Crippen LogP contribution is -2.15. The van der Waals surface area contributed by atoms with Crippen LogP contribution in [0.3, 0.4) is 0 Å². The van der Waals surface area contributed by atoms with Crippen LogP contribution in [-0.4, -0.2) is 16.7 Å². The standard InChI is InChI=1S/C22H19FN2O2/c1-13-18(10-15-6-8-16(23)11-20(15)24-13)22(27)25-17-9-7-14-4-2-3-5-21(26)19(14)12-17/h6-12H,2-5H2,1H3,(H,25,27). The van der Waals surface area contributed by atoms with Crippen LogP contribution in [0.5, 0.6) is 0 Å². The highest BCUT2D eigenvalue weighted by atomic mass is 19.1. The minimum absolute atomic E-state index is 0.129. The number of ketones is 1. The van der Waals surface area contributed by atoms with Crippen molar-refractivity contribution in [2.24, 2.45) is 0 Å². The van der Waals surface area contributed by atoms with E-state index in [1.54, 1.807) is 25.1 Å². The number of anilines is 1. The van der Waals surface area contributed by atoms with Gasteiger partial charge in [0, 0.05) is 29.1 Å². The van der Waals surface area contributed by atoms with Crippen LogP contribution in [0, 0.1) is 12.7 Å². The van der Waals surface area contributed by atoms with Crippen LogP contribution in [0.2, 0.25) is 0 Å². The Kier molecular flexibility index (Phi) is 4.44. The molecule has 0 atom stereocenters. The number of pyridine rings is 1. The second-order valence-electron chi connectivity index (χ2n) is 6.91. The van der Waals surface area contributed by atoms with E-state index >= 15 is 0 Å². The van der Waals surface area contributed by atoms with Gasteiger partial charge in [0.05, 0.1) is 16.8 Å². The average molecular weight is 362 g/mol. The van der Waals surface area contributed by atoms with Gasteiger partial charge in [-0.15, -0.1) is 0 Å². The van der Waals surface area contributed by atoms with E-state index in [1.807, 2.05) is 12.1 Å². The normalized spacial score (nSPS) is 13.9. The third kappa shape index (κ3) is 3.45. The van der Waals surface area contributed by atoms with Gasteiger partial charge in [-0.05, 0) is 62.1 Å². The second-order valence-corrected chi connectivity index (χ2v) is 6.91. The molecule has 0 aliphatic heterocycles. The molecule has 1 aliphatic carbocycles. The van der Waals surface area contributed by atoms with Gasteiger partial charge >= 0.3 is 0 Å². The quantitative estimate of drug-likeness (QED) is 0.664. The van der Waals surface area contributed by atoms with Gasteiger partial charge in [-0.2, -0.15) is 0 Å². The molecule has 1 amide bonds. The number of benzene rings is 2. The number of hydrogen-bond donors (Lipinski definition) is 1. The van der Waals surface area contributed by atoms with Crippen molar-refractivity contribution in [2.45, 2.75) is 32.6 Å². The molecule has 0 unspecified atom stereocenters. The van der Waals surface area contributed by atoms with E-state index in [0.717, 1.165) is 24.8 Å². The summed E-state index contributed by atoms with van der Waals surface area (Å²) in [7, 11) is 0. The molecule has 0 saturated carbocycles. The average Bonchev–Trinajstić information content (AvgIpc) is 2.82. The number of Topliss-reactive ketones (excluding diaryl/α,β-unsaturated/α-hetero) is 1. The largest absolute Gasteiger partial charge is 0.322 e. The first-order valence-corrected chi connectivity index (χ1v) is 9.05. The summed E-state index contributed by atoms with van der Waals surface area (Å²) in [6.07, 6.45) is 3.35. The Morgan fingerprint density at radius 3 is 2.74 bits per heavy atom. The number of nitrogens with one attached hydrogen (secondary N) is 1. The number of carbonyl (C=O) groups excluding carboxylic acids is 2.